The van der Waals surface area contributed by atoms with Crippen molar-refractivity contribution in [3.8, 4) is 17.1 Å². The second-order valence-corrected chi connectivity index (χ2v) is 5.75. The summed E-state index contributed by atoms with van der Waals surface area (Å²) in [5.74, 6) is 0.830. The van der Waals surface area contributed by atoms with Crippen LogP contribution in [0, 0.1) is 6.92 Å². The molecular formula is C19H17N5. The van der Waals surface area contributed by atoms with E-state index in [-0.39, 0.29) is 0 Å². The Kier molecular flexibility index (Phi) is 3.67. The van der Waals surface area contributed by atoms with Gasteiger partial charge in [-0.2, -0.15) is 10.2 Å². The highest BCUT2D eigenvalue weighted by atomic mass is 15.3. The molecule has 0 aliphatic heterocycles. The monoisotopic (exact) mass is 315 g/mol. The summed E-state index contributed by atoms with van der Waals surface area (Å²) in [6.07, 6.45) is 4.42. The molecule has 3 heterocycles. The van der Waals surface area contributed by atoms with Crippen LogP contribution in [0.3, 0.4) is 0 Å². The molecule has 3 aromatic heterocycles. The SMILES string of the molecule is Cc1cc(-c2cccc(Cc3cccc(-n4cccn4)n3)c2)n[nH]1. The van der Waals surface area contributed by atoms with Gasteiger partial charge >= 0.3 is 0 Å². The Labute approximate surface area is 140 Å². The maximum atomic E-state index is 4.70. The van der Waals surface area contributed by atoms with Crippen LogP contribution in [0.15, 0.2) is 67.0 Å². The van der Waals surface area contributed by atoms with Gasteiger partial charge in [0.15, 0.2) is 5.82 Å². The molecule has 4 aromatic rings. The number of aromatic nitrogens is 5. The van der Waals surface area contributed by atoms with Gasteiger partial charge in [-0.25, -0.2) is 9.67 Å². The normalized spacial score (nSPS) is 10.9. The van der Waals surface area contributed by atoms with Crippen molar-refractivity contribution >= 4 is 0 Å². The predicted molar refractivity (Wildman–Crippen MR) is 92.9 cm³/mol. The second kappa shape index (κ2) is 6.12. The maximum absolute atomic E-state index is 4.70. The van der Waals surface area contributed by atoms with Gasteiger partial charge in [-0.15, -0.1) is 0 Å². The Morgan fingerprint density at radius 2 is 1.96 bits per heavy atom. The van der Waals surface area contributed by atoms with Gasteiger partial charge < -0.3 is 0 Å². The number of pyridine rings is 1. The zero-order valence-electron chi connectivity index (χ0n) is 13.3. The first-order valence-electron chi connectivity index (χ1n) is 7.85. The summed E-state index contributed by atoms with van der Waals surface area (Å²) in [6, 6.07) is 18.4. The Morgan fingerprint density at radius 3 is 2.75 bits per heavy atom. The quantitative estimate of drug-likeness (QED) is 0.626. The summed E-state index contributed by atoms with van der Waals surface area (Å²) in [5, 5.41) is 11.6. The van der Waals surface area contributed by atoms with Crippen LogP contribution in [0.5, 0.6) is 0 Å². The highest BCUT2D eigenvalue weighted by molar-refractivity contribution is 5.60. The van der Waals surface area contributed by atoms with Gasteiger partial charge in [0.2, 0.25) is 0 Å². The molecule has 5 heteroatoms. The van der Waals surface area contributed by atoms with Gasteiger partial charge in [0, 0.05) is 35.8 Å². The summed E-state index contributed by atoms with van der Waals surface area (Å²) in [5.41, 5.74) is 5.35. The van der Waals surface area contributed by atoms with Gasteiger partial charge in [0.1, 0.15) is 0 Å². The van der Waals surface area contributed by atoms with Crippen LogP contribution in [0.1, 0.15) is 17.0 Å². The summed E-state index contributed by atoms with van der Waals surface area (Å²) in [4.78, 5) is 4.70. The maximum Gasteiger partial charge on any atom is 0.153 e. The first kappa shape index (κ1) is 14.4. The van der Waals surface area contributed by atoms with E-state index < -0.39 is 0 Å². The number of nitrogens with one attached hydrogen (secondary N) is 1. The third kappa shape index (κ3) is 2.96. The highest BCUT2D eigenvalue weighted by Gasteiger charge is 2.05. The van der Waals surface area contributed by atoms with Crippen molar-refractivity contribution in [2.45, 2.75) is 13.3 Å². The Hall–Kier alpha value is -3.21. The first-order chi connectivity index (χ1) is 11.8. The fourth-order valence-corrected chi connectivity index (χ4v) is 2.71. The lowest BCUT2D eigenvalue weighted by Crippen LogP contribution is -2.01. The first-order valence-corrected chi connectivity index (χ1v) is 7.85. The molecule has 0 radical (unpaired) electrons. The molecule has 24 heavy (non-hydrogen) atoms. The molecule has 1 aromatic carbocycles. The number of benzene rings is 1. The fourth-order valence-electron chi connectivity index (χ4n) is 2.71. The summed E-state index contributed by atoms with van der Waals surface area (Å²) < 4.78 is 1.77. The molecule has 118 valence electrons. The fraction of sp³-hybridized carbons (Fsp3) is 0.105. The molecule has 5 nitrogen and oxygen atoms in total. The van der Waals surface area contributed by atoms with Crippen molar-refractivity contribution in [3.05, 3.63) is 83.9 Å². The van der Waals surface area contributed by atoms with Crippen LogP contribution in [0.25, 0.3) is 17.1 Å². The Bertz CT molecular complexity index is 953. The van der Waals surface area contributed by atoms with E-state index in [1.807, 2.05) is 37.4 Å². The summed E-state index contributed by atoms with van der Waals surface area (Å²) >= 11 is 0. The smallest absolute Gasteiger partial charge is 0.153 e. The van der Waals surface area contributed by atoms with Gasteiger partial charge in [-0.1, -0.05) is 24.3 Å². The predicted octanol–water partition coefficient (Wildman–Crippen LogP) is 3.56. The standard InChI is InChI=1S/C19H17N5/c1-14-11-18(23-22-14)16-6-2-5-15(12-16)13-17-7-3-8-19(21-17)24-10-4-9-20-24/h2-12H,13H2,1H3,(H,22,23). The molecular weight excluding hydrogens is 298 g/mol. The van der Waals surface area contributed by atoms with Crippen LogP contribution in [0.4, 0.5) is 0 Å². The number of hydrogen-bond donors (Lipinski definition) is 1. The minimum Gasteiger partial charge on any atom is -0.282 e. The minimum absolute atomic E-state index is 0.770. The van der Waals surface area contributed by atoms with Gasteiger partial charge in [0.05, 0.1) is 5.69 Å². The Morgan fingerprint density at radius 1 is 1.04 bits per heavy atom. The number of rotatable bonds is 4. The molecule has 1 N–H and O–H groups in total. The van der Waals surface area contributed by atoms with E-state index in [1.54, 1.807) is 10.9 Å². The van der Waals surface area contributed by atoms with E-state index in [2.05, 4.69) is 45.6 Å². The molecule has 0 bridgehead atoms. The number of hydrogen-bond acceptors (Lipinski definition) is 3. The molecule has 4 rings (SSSR count). The summed E-state index contributed by atoms with van der Waals surface area (Å²) in [7, 11) is 0. The molecule has 0 atom stereocenters. The van der Waals surface area contributed by atoms with E-state index in [0.29, 0.717) is 0 Å². The van der Waals surface area contributed by atoms with Gasteiger partial charge in [-0.05, 0) is 42.8 Å². The lowest BCUT2D eigenvalue weighted by atomic mass is 10.0. The third-order valence-electron chi connectivity index (χ3n) is 3.85. The van der Waals surface area contributed by atoms with Crippen molar-refractivity contribution in [3.63, 3.8) is 0 Å². The molecule has 0 amide bonds. The van der Waals surface area contributed by atoms with Crippen molar-refractivity contribution < 1.29 is 0 Å². The lowest BCUT2D eigenvalue weighted by Gasteiger charge is -2.06. The number of aryl methyl sites for hydroxylation is 1. The number of aromatic amines is 1. The average Bonchev–Trinajstić information content (AvgIpc) is 3.27. The van der Waals surface area contributed by atoms with Crippen LogP contribution >= 0.6 is 0 Å². The van der Waals surface area contributed by atoms with E-state index in [9.17, 15) is 0 Å². The highest BCUT2D eigenvalue weighted by Crippen LogP contribution is 2.20. The van der Waals surface area contributed by atoms with Crippen LogP contribution in [0.2, 0.25) is 0 Å². The lowest BCUT2D eigenvalue weighted by molar-refractivity contribution is 0.835. The van der Waals surface area contributed by atoms with E-state index in [1.165, 1.54) is 5.56 Å². The van der Waals surface area contributed by atoms with E-state index in [0.717, 1.165) is 34.9 Å². The zero-order chi connectivity index (χ0) is 16.4. The van der Waals surface area contributed by atoms with Crippen molar-refractivity contribution in [1.29, 1.82) is 0 Å². The topological polar surface area (TPSA) is 59.4 Å². The molecule has 0 spiro atoms. The van der Waals surface area contributed by atoms with E-state index >= 15 is 0 Å². The molecule has 0 unspecified atom stereocenters. The molecule has 0 aliphatic rings. The Balaban J connectivity index is 1.61. The van der Waals surface area contributed by atoms with Gasteiger partial charge in [0.25, 0.3) is 0 Å². The molecule has 0 saturated heterocycles. The summed E-state index contributed by atoms with van der Waals surface area (Å²) in [6.45, 7) is 2.01. The zero-order valence-corrected chi connectivity index (χ0v) is 13.3. The molecule has 0 aliphatic carbocycles. The van der Waals surface area contributed by atoms with E-state index in [4.69, 9.17) is 4.98 Å². The van der Waals surface area contributed by atoms with Crippen molar-refractivity contribution in [1.82, 2.24) is 25.0 Å². The minimum atomic E-state index is 0.770. The van der Waals surface area contributed by atoms with Gasteiger partial charge in [-0.3, -0.25) is 5.10 Å². The molecule has 0 fully saturated rings. The van der Waals surface area contributed by atoms with Crippen molar-refractivity contribution in [2.75, 3.05) is 0 Å². The molecule has 0 saturated carbocycles. The number of nitrogens with zero attached hydrogens (tertiary/aromatic N) is 4. The van der Waals surface area contributed by atoms with Crippen LogP contribution in [-0.4, -0.2) is 25.0 Å². The van der Waals surface area contributed by atoms with Crippen LogP contribution < -0.4 is 0 Å². The third-order valence-corrected chi connectivity index (χ3v) is 3.85. The van der Waals surface area contributed by atoms with Crippen LogP contribution in [-0.2, 0) is 6.42 Å². The second-order valence-electron chi connectivity index (χ2n) is 5.75. The largest absolute Gasteiger partial charge is 0.282 e. The average molecular weight is 315 g/mol. The number of H-pyrrole nitrogens is 1. The van der Waals surface area contributed by atoms with Crippen molar-refractivity contribution in [2.24, 2.45) is 0 Å².